The number of carbonyl (C=O) groups is 2. The third kappa shape index (κ3) is 9.51. The molecule has 0 aliphatic carbocycles. The number of amides is 1. The van der Waals surface area contributed by atoms with E-state index in [1.165, 1.54) is 6.08 Å². The van der Waals surface area contributed by atoms with E-state index < -0.39 is 18.0 Å². The maximum Gasteiger partial charge on any atom is 0.407 e. The van der Waals surface area contributed by atoms with Gasteiger partial charge >= 0.3 is 12.1 Å². The molecule has 0 aromatic heterocycles. The van der Waals surface area contributed by atoms with Gasteiger partial charge in [-0.05, 0) is 74.0 Å². The smallest absolute Gasteiger partial charge is 0.407 e. The van der Waals surface area contributed by atoms with Crippen molar-refractivity contribution in [2.45, 2.75) is 83.3 Å². The second kappa shape index (κ2) is 15.7. The van der Waals surface area contributed by atoms with Gasteiger partial charge in [0, 0.05) is 25.1 Å². The van der Waals surface area contributed by atoms with E-state index in [2.05, 4.69) is 16.8 Å². The van der Waals surface area contributed by atoms with Crippen molar-refractivity contribution in [2.75, 3.05) is 19.7 Å². The minimum atomic E-state index is -0.606. The predicted octanol–water partition coefficient (Wildman–Crippen LogP) is 6.61. The fourth-order valence-corrected chi connectivity index (χ4v) is 6.03. The van der Waals surface area contributed by atoms with Crippen LogP contribution in [0.5, 0.6) is 0 Å². The summed E-state index contributed by atoms with van der Waals surface area (Å²) in [7, 11) is 0. The Morgan fingerprint density at radius 2 is 1.74 bits per heavy atom. The normalized spacial score (nSPS) is 21.6. The molecule has 4 atom stereocenters. The molecule has 0 saturated carbocycles. The standard InChI is InChI=1S/C38H46N2O7/c1-5-20-44-37(43)39-23-27-8-6-9-31(21-27)28-15-17-30(18-16-28)36-45-32(22-34(46-36)29-13-11-26(25-41)12-14-29)24-40-19-7-10-33(40)35(42)47-38(2,3)4/h5-6,8-9,11-18,21,32-34,36,41H,1,7,10,19-20,22-25H2,2-4H3,(H,39,43)/t32-,33-,34+,36+/m0/s1. The van der Waals surface area contributed by atoms with Crippen molar-refractivity contribution in [3.05, 3.63) is 108 Å². The second-order valence-electron chi connectivity index (χ2n) is 13.1. The summed E-state index contributed by atoms with van der Waals surface area (Å²) in [6.07, 6.45) is 2.36. The number of rotatable bonds is 11. The zero-order chi connectivity index (χ0) is 33.4. The number of nitrogens with zero attached hydrogens (tertiary/aromatic N) is 1. The average molecular weight is 643 g/mol. The van der Waals surface area contributed by atoms with E-state index in [-0.39, 0.29) is 37.4 Å². The van der Waals surface area contributed by atoms with Crippen molar-refractivity contribution in [3.63, 3.8) is 0 Å². The zero-order valence-electron chi connectivity index (χ0n) is 27.5. The molecule has 5 rings (SSSR count). The van der Waals surface area contributed by atoms with E-state index in [1.54, 1.807) is 0 Å². The molecule has 2 heterocycles. The highest BCUT2D eigenvalue weighted by molar-refractivity contribution is 5.76. The summed E-state index contributed by atoms with van der Waals surface area (Å²) in [5.74, 6) is -0.183. The van der Waals surface area contributed by atoms with Crippen LogP contribution in [0, 0.1) is 0 Å². The number of aliphatic hydroxyl groups excluding tert-OH is 1. The molecule has 0 unspecified atom stereocenters. The number of esters is 1. The summed E-state index contributed by atoms with van der Waals surface area (Å²) >= 11 is 0. The Hall–Kier alpha value is -4.02. The molecule has 3 aromatic rings. The molecule has 9 nitrogen and oxygen atoms in total. The first kappa shape index (κ1) is 34.3. The summed E-state index contributed by atoms with van der Waals surface area (Å²) in [6, 6.07) is 23.6. The second-order valence-corrected chi connectivity index (χ2v) is 13.1. The van der Waals surface area contributed by atoms with Gasteiger partial charge in [-0.25, -0.2) is 4.79 Å². The molecule has 9 heteroatoms. The summed E-state index contributed by atoms with van der Waals surface area (Å²) in [5, 5.41) is 12.3. The summed E-state index contributed by atoms with van der Waals surface area (Å²) in [5.41, 5.74) is 5.19. The van der Waals surface area contributed by atoms with E-state index in [0.29, 0.717) is 19.5 Å². The summed E-state index contributed by atoms with van der Waals surface area (Å²) in [6.45, 7) is 11.1. The highest BCUT2D eigenvalue weighted by Crippen LogP contribution is 2.39. The van der Waals surface area contributed by atoms with Crippen molar-refractivity contribution in [1.82, 2.24) is 10.2 Å². The van der Waals surface area contributed by atoms with Gasteiger partial charge in [0.05, 0.1) is 18.8 Å². The fourth-order valence-electron chi connectivity index (χ4n) is 6.03. The first-order chi connectivity index (χ1) is 22.6. The number of hydrogen-bond acceptors (Lipinski definition) is 8. The Bertz CT molecular complexity index is 1500. The van der Waals surface area contributed by atoms with Crippen LogP contribution in [0.1, 0.15) is 74.7 Å². The number of likely N-dealkylation sites (tertiary alicyclic amines) is 1. The molecule has 2 aliphatic heterocycles. The predicted molar refractivity (Wildman–Crippen MR) is 179 cm³/mol. The molecule has 2 fully saturated rings. The number of ether oxygens (including phenoxy) is 4. The van der Waals surface area contributed by atoms with Gasteiger partial charge in [0.2, 0.25) is 0 Å². The van der Waals surface area contributed by atoms with Crippen LogP contribution in [0.25, 0.3) is 11.1 Å². The number of benzene rings is 3. The van der Waals surface area contributed by atoms with Crippen LogP contribution in [0.4, 0.5) is 4.79 Å². The van der Waals surface area contributed by atoms with Crippen LogP contribution in [-0.4, -0.2) is 59.5 Å². The Kier molecular flexibility index (Phi) is 11.5. The van der Waals surface area contributed by atoms with Crippen molar-refractivity contribution in [2.24, 2.45) is 0 Å². The highest BCUT2D eigenvalue weighted by atomic mass is 16.7. The van der Waals surface area contributed by atoms with E-state index in [9.17, 15) is 14.7 Å². The van der Waals surface area contributed by atoms with Crippen molar-refractivity contribution < 1.29 is 33.6 Å². The number of alkyl carbamates (subject to hydrolysis) is 1. The molecule has 0 bridgehead atoms. The molecule has 0 radical (unpaired) electrons. The minimum Gasteiger partial charge on any atom is -0.459 e. The van der Waals surface area contributed by atoms with Gasteiger partial charge in [-0.3, -0.25) is 9.69 Å². The Labute approximate surface area is 277 Å². The number of aliphatic hydroxyl groups is 1. The van der Waals surface area contributed by atoms with E-state index in [0.717, 1.165) is 52.8 Å². The lowest BCUT2D eigenvalue weighted by Crippen LogP contribution is -2.45. The monoisotopic (exact) mass is 642 g/mol. The minimum absolute atomic E-state index is 0.0186. The summed E-state index contributed by atoms with van der Waals surface area (Å²) in [4.78, 5) is 27.1. The summed E-state index contributed by atoms with van der Waals surface area (Å²) < 4.78 is 23.9. The molecule has 2 N–H and O–H groups in total. The number of nitrogens with one attached hydrogen (secondary N) is 1. The zero-order valence-corrected chi connectivity index (χ0v) is 27.5. The van der Waals surface area contributed by atoms with Crippen molar-refractivity contribution >= 4 is 12.1 Å². The third-order valence-corrected chi connectivity index (χ3v) is 8.31. The molecular formula is C38H46N2O7. The lowest BCUT2D eigenvalue weighted by Gasteiger charge is -2.38. The Morgan fingerprint density at radius 3 is 2.45 bits per heavy atom. The fraction of sp³-hybridized carbons (Fsp3) is 0.421. The van der Waals surface area contributed by atoms with Gasteiger partial charge < -0.3 is 29.4 Å². The van der Waals surface area contributed by atoms with Gasteiger partial charge in [0.15, 0.2) is 6.29 Å². The van der Waals surface area contributed by atoms with Crippen LogP contribution in [0.15, 0.2) is 85.5 Å². The molecular weight excluding hydrogens is 596 g/mol. The third-order valence-electron chi connectivity index (χ3n) is 8.31. The van der Waals surface area contributed by atoms with E-state index >= 15 is 0 Å². The van der Waals surface area contributed by atoms with Crippen LogP contribution in [0.2, 0.25) is 0 Å². The maximum absolute atomic E-state index is 13.0. The molecule has 2 aliphatic rings. The molecule has 0 spiro atoms. The highest BCUT2D eigenvalue weighted by Gasteiger charge is 2.38. The van der Waals surface area contributed by atoms with E-state index in [1.807, 2.05) is 93.6 Å². The largest absolute Gasteiger partial charge is 0.459 e. The molecule has 2 saturated heterocycles. The lowest BCUT2D eigenvalue weighted by molar-refractivity contribution is -0.253. The van der Waals surface area contributed by atoms with Crippen LogP contribution in [0.3, 0.4) is 0 Å². The number of hydrogen-bond donors (Lipinski definition) is 2. The topological polar surface area (TPSA) is 107 Å². The van der Waals surface area contributed by atoms with Gasteiger partial charge in [-0.2, -0.15) is 0 Å². The Morgan fingerprint density at radius 1 is 1.00 bits per heavy atom. The molecule has 47 heavy (non-hydrogen) atoms. The maximum atomic E-state index is 13.0. The van der Waals surface area contributed by atoms with Crippen LogP contribution < -0.4 is 5.32 Å². The van der Waals surface area contributed by atoms with E-state index in [4.69, 9.17) is 18.9 Å². The van der Waals surface area contributed by atoms with Crippen LogP contribution >= 0.6 is 0 Å². The Balaban J connectivity index is 1.31. The first-order valence-electron chi connectivity index (χ1n) is 16.3. The van der Waals surface area contributed by atoms with Gasteiger partial charge in [-0.1, -0.05) is 79.4 Å². The van der Waals surface area contributed by atoms with Crippen molar-refractivity contribution in [1.29, 1.82) is 0 Å². The van der Waals surface area contributed by atoms with Gasteiger partial charge in [0.25, 0.3) is 0 Å². The van der Waals surface area contributed by atoms with Gasteiger partial charge in [0.1, 0.15) is 18.2 Å². The molecule has 3 aromatic carbocycles. The lowest BCUT2D eigenvalue weighted by atomic mass is 9.98. The molecule has 1 amide bonds. The van der Waals surface area contributed by atoms with Gasteiger partial charge in [-0.15, -0.1) is 0 Å². The number of carbonyl (C=O) groups excluding carboxylic acids is 2. The molecule has 250 valence electrons. The van der Waals surface area contributed by atoms with Crippen molar-refractivity contribution in [3.8, 4) is 11.1 Å². The quantitative estimate of drug-likeness (QED) is 0.178. The van der Waals surface area contributed by atoms with Crippen LogP contribution in [-0.2, 0) is 36.9 Å². The SMILES string of the molecule is C=CCOC(=O)NCc1cccc(-c2ccc([C@@H]3O[C@H](CN4CCC[C@H]4C(=O)OC(C)(C)C)C[C@H](c4ccc(CO)cc4)O3)cc2)c1. The average Bonchev–Trinajstić information content (AvgIpc) is 3.54. The first-order valence-corrected chi connectivity index (χ1v) is 16.3.